The SMILES string of the molecule is CCC(NC(=O)C1(CNC(=O)OCC2c3ccccc3-c3ccccc32)CC1)C(=O)O. The van der Waals surface area contributed by atoms with E-state index in [1.807, 2.05) is 24.3 Å². The van der Waals surface area contributed by atoms with Crippen molar-refractivity contribution in [1.29, 1.82) is 0 Å². The number of fused-ring (bicyclic) bond motifs is 3. The standard InChI is InChI=1S/C24H26N2O5/c1-2-20(21(27)28)26-22(29)24(11-12-24)14-25-23(30)31-13-19-17-9-5-3-7-15(17)16-8-4-6-10-18(16)19/h3-10,19-20H,2,11-14H2,1H3,(H,25,30)(H,26,29)(H,27,28). The van der Waals surface area contributed by atoms with Crippen molar-refractivity contribution in [2.24, 2.45) is 5.41 Å². The number of carboxylic acids is 1. The molecular weight excluding hydrogens is 396 g/mol. The highest BCUT2D eigenvalue weighted by atomic mass is 16.5. The van der Waals surface area contributed by atoms with Crippen molar-refractivity contribution in [1.82, 2.24) is 10.6 Å². The molecule has 0 saturated heterocycles. The van der Waals surface area contributed by atoms with E-state index in [0.29, 0.717) is 19.3 Å². The molecule has 4 rings (SSSR count). The quantitative estimate of drug-likeness (QED) is 0.606. The maximum absolute atomic E-state index is 12.5. The van der Waals surface area contributed by atoms with Crippen LogP contribution in [0.3, 0.4) is 0 Å². The molecule has 1 saturated carbocycles. The first kappa shape index (κ1) is 20.9. The van der Waals surface area contributed by atoms with Crippen LogP contribution in [0.2, 0.25) is 0 Å². The molecule has 2 aliphatic rings. The van der Waals surface area contributed by atoms with E-state index in [0.717, 1.165) is 22.3 Å². The molecule has 0 radical (unpaired) electrons. The van der Waals surface area contributed by atoms with Crippen LogP contribution in [0.5, 0.6) is 0 Å². The Morgan fingerprint density at radius 2 is 1.65 bits per heavy atom. The highest BCUT2D eigenvalue weighted by Crippen LogP contribution is 2.46. The van der Waals surface area contributed by atoms with Crippen molar-refractivity contribution in [2.75, 3.05) is 13.2 Å². The molecule has 0 heterocycles. The predicted molar refractivity (Wildman–Crippen MR) is 115 cm³/mol. The van der Waals surface area contributed by atoms with Gasteiger partial charge in [0.1, 0.15) is 12.6 Å². The number of hydrogen-bond acceptors (Lipinski definition) is 4. The van der Waals surface area contributed by atoms with E-state index in [1.165, 1.54) is 0 Å². The topological polar surface area (TPSA) is 105 Å². The lowest BCUT2D eigenvalue weighted by molar-refractivity contribution is -0.142. The summed E-state index contributed by atoms with van der Waals surface area (Å²) in [6.45, 7) is 2.04. The molecule has 1 fully saturated rings. The van der Waals surface area contributed by atoms with Gasteiger partial charge in [-0.25, -0.2) is 9.59 Å². The number of alkyl carbamates (subject to hydrolysis) is 1. The van der Waals surface area contributed by atoms with Crippen LogP contribution in [0.1, 0.15) is 43.2 Å². The smallest absolute Gasteiger partial charge is 0.407 e. The van der Waals surface area contributed by atoms with Gasteiger partial charge in [-0.05, 0) is 41.5 Å². The Morgan fingerprint density at radius 1 is 1.06 bits per heavy atom. The fourth-order valence-corrected chi connectivity index (χ4v) is 4.18. The van der Waals surface area contributed by atoms with Gasteiger partial charge in [0, 0.05) is 12.5 Å². The third-order valence-corrected chi connectivity index (χ3v) is 6.26. The van der Waals surface area contributed by atoms with Crippen LogP contribution in [-0.4, -0.2) is 42.3 Å². The molecule has 0 aliphatic heterocycles. The second-order valence-corrected chi connectivity index (χ2v) is 8.23. The number of nitrogens with one attached hydrogen (secondary N) is 2. The molecule has 162 valence electrons. The highest BCUT2D eigenvalue weighted by molar-refractivity contribution is 5.90. The number of aliphatic carboxylic acids is 1. The minimum Gasteiger partial charge on any atom is -0.480 e. The molecule has 7 nitrogen and oxygen atoms in total. The first-order chi connectivity index (χ1) is 14.9. The van der Waals surface area contributed by atoms with Gasteiger partial charge in [-0.2, -0.15) is 0 Å². The van der Waals surface area contributed by atoms with Gasteiger partial charge in [-0.1, -0.05) is 55.5 Å². The lowest BCUT2D eigenvalue weighted by atomic mass is 9.98. The van der Waals surface area contributed by atoms with E-state index >= 15 is 0 Å². The average Bonchev–Trinajstić information content (AvgIpc) is 3.51. The van der Waals surface area contributed by atoms with Gasteiger partial charge in [0.15, 0.2) is 0 Å². The van der Waals surface area contributed by atoms with E-state index in [2.05, 4.69) is 34.9 Å². The number of ether oxygens (including phenoxy) is 1. The van der Waals surface area contributed by atoms with Gasteiger partial charge in [0.05, 0.1) is 5.41 Å². The van der Waals surface area contributed by atoms with Crippen LogP contribution in [0, 0.1) is 5.41 Å². The zero-order valence-electron chi connectivity index (χ0n) is 17.4. The summed E-state index contributed by atoms with van der Waals surface area (Å²) in [6, 6.07) is 15.3. The normalized spacial score (nSPS) is 16.5. The molecule has 1 unspecified atom stereocenters. The third-order valence-electron chi connectivity index (χ3n) is 6.26. The van der Waals surface area contributed by atoms with Crippen molar-refractivity contribution in [2.45, 2.75) is 38.1 Å². The molecule has 2 aliphatic carbocycles. The fraction of sp³-hybridized carbons (Fsp3) is 0.375. The molecule has 3 N–H and O–H groups in total. The third kappa shape index (κ3) is 4.13. The van der Waals surface area contributed by atoms with E-state index in [4.69, 9.17) is 9.84 Å². The summed E-state index contributed by atoms with van der Waals surface area (Å²) >= 11 is 0. The Balaban J connectivity index is 1.33. The van der Waals surface area contributed by atoms with E-state index < -0.39 is 23.5 Å². The Bertz CT molecular complexity index is 969. The van der Waals surface area contributed by atoms with E-state index in [-0.39, 0.29) is 25.0 Å². The van der Waals surface area contributed by atoms with Crippen molar-refractivity contribution in [3.63, 3.8) is 0 Å². The van der Waals surface area contributed by atoms with Crippen LogP contribution >= 0.6 is 0 Å². The highest BCUT2D eigenvalue weighted by Gasteiger charge is 2.50. The first-order valence-corrected chi connectivity index (χ1v) is 10.6. The molecule has 1 atom stereocenters. The zero-order chi connectivity index (χ0) is 22.0. The molecule has 0 aromatic heterocycles. The molecule has 0 spiro atoms. The summed E-state index contributed by atoms with van der Waals surface area (Å²) in [7, 11) is 0. The number of hydrogen-bond donors (Lipinski definition) is 3. The van der Waals surface area contributed by atoms with Crippen LogP contribution in [0.15, 0.2) is 48.5 Å². The lowest BCUT2D eigenvalue weighted by Crippen LogP contribution is -2.47. The molecule has 2 aromatic carbocycles. The molecule has 2 amide bonds. The minimum atomic E-state index is -1.06. The Labute approximate surface area is 180 Å². The van der Waals surface area contributed by atoms with E-state index in [9.17, 15) is 14.4 Å². The number of benzene rings is 2. The number of amides is 2. The largest absolute Gasteiger partial charge is 0.480 e. The number of carbonyl (C=O) groups excluding carboxylic acids is 2. The number of carboxylic acid groups (broad SMARTS) is 1. The molecular formula is C24H26N2O5. The van der Waals surface area contributed by atoms with Gasteiger partial charge in [0.2, 0.25) is 5.91 Å². The Kier molecular flexibility index (Phi) is 5.67. The van der Waals surface area contributed by atoms with Crippen LogP contribution in [-0.2, 0) is 14.3 Å². The Hall–Kier alpha value is -3.35. The van der Waals surface area contributed by atoms with Crippen molar-refractivity contribution >= 4 is 18.0 Å². The summed E-state index contributed by atoms with van der Waals surface area (Å²) in [4.78, 5) is 36.0. The summed E-state index contributed by atoms with van der Waals surface area (Å²) in [5.41, 5.74) is 3.84. The number of rotatable bonds is 8. The van der Waals surface area contributed by atoms with Crippen molar-refractivity contribution in [3.8, 4) is 11.1 Å². The van der Waals surface area contributed by atoms with Crippen molar-refractivity contribution in [3.05, 3.63) is 59.7 Å². The lowest BCUT2D eigenvalue weighted by Gasteiger charge is -2.20. The summed E-state index contributed by atoms with van der Waals surface area (Å²) in [6.07, 6.45) is 0.944. The minimum absolute atomic E-state index is 0.0304. The maximum atomic E-state index is 12.5. The van der Waals surface area contributed by atoms with Gasteiger partial charge < -0.3 is 20.5 Å². The van der Waals surface area contributed by atoms with Crippen LogP contribution in [0.4, 0.5) is 4.79 Å². The van der Waals surface area contributed by atoms with Gasteiger partial charge >= 0.3 is 12.1 Å². The summed E-state index contributed by atoms with van der Waals surface area (Å²) < 4.78 is 5.51. The Morgan fingerprint density at radius 3 is 2.16 bits per heavy atom. The molecule has 0 bridgehead atoms. The number of carbonyl (C=O) groups is 3. The van der Waals surface area contributed by atoms with Gasteiger partial charge in [-0.3, -0.25) is 4.79 Å². The van der Waals surface area contributed by atoms with E-state index in [1.54, 1.807) is 6.92 Å². The fourth-order valence-electron chi connectivity index (χ4n) is 4.18. The van der Waals surface area contributed by atoms with Gasteiger partial charge in [-0.15, -0.1) is 0 Å². The van der Waals surface area contributed by atoms with Crippen LogP contribution in [0.25, 0.3) is 11.1 Å². The van der Waals surface area contributed by atoms with Gasteiger partial charge in [0.25, 0.3) is 0 Å². The zero-order valence-corrected chi connectivity index (χ0v) is 17.4. The predicted octanol–water partition coefficient (Wildman–Crippen LogP) is 3.28. The summed E-state index contributed by atoms with van der Waals surface area (Å²) in [5, 5.41) is 14.4. The second-order valence-electron chi connectivity index (χ2n) is 8.23. The molecule has 31 heavy (non-hydrogen) atoms. The van der Waals surface area contributed by atoms with Crippen molar-refractivity contribution < 1.29 is 24.2 Å². The monoisotopic (exact) mass is 422 g/mol. The summed E-state index contributed by atoms with van der Waals surface area (Å²) in [5.74, 6) is -1.42. The first-order valence-electron chi connectivity index (χ1n) is 10.6. The second kappa shape index (κ2) is 8.41. The molecule has 2 aromatic rings. The maximum Gasteiger partial charge on any atom is 0.407 e. The average molecular weight is 422 g/mol. The van der Waals surface area contributed by atoms with Crippen LogP contribution < -0.4 is 10.6 Å². The molecule has 7 heteroatoms.